The van der Waals surface area contributed by atoms with Gasteiger partial charge in [-0.3, -0.25) is 10.1 Å². The van der Waals surface area contributed by atoms with Gasteiger partial charge in [0, 0.05) is 43.6 Å². The molecular weight excluding hydrogens is 254 g/mol. The first-order chi connectivity index (χ1) is 9.31. The highest BCUT2D eigenvalue weighted by Crippen LogP contribution is 2.37. The van der Waals surface area contributed by atoms with Crippen LogP contribution in [-0.4, -0.2) is 25.1 Å². The van der Waals surface area contributed by atoms with E-state index in [0.717, 1.165) is 30.9 Å². The molecule has 1 fully saturated rings. The molecule has 0 bridgehead atoms. The number of rotatable bonds is 3. The number of nitrogens with zero attached hydrogens (tertiary/aromatic N) is 2. The molecule has 110 valence electrons. The summed E-state index contributed by atoms with van der Waals surface area (Å²) in [7, 11) is 1.78. The van der Waals surface area contributed by atoms with Crippen LogP contribution in [0.15, 0.2) is 18.2 Å². The minimum Gasteiger partial charge on any atom is -0.388 e. The normalized spacial score (nSPS) is 19.2. The summed E-state index contributed by atoms with van der Waals surface area (Å²) in [5, 5.41) is 14.0. The summed E-state index contributed by atoms with van der Waals surface area (Å²) in [5.74, 6) is 0.625. The molecule has 1 saturated heterocycles. The van der Waals surface area contributed by atoms with E-state index in [1.807, 2.05) is 6.07 Å². The average molecular weight is 277 g/mol. The number of nitro benzene ring substituents is 1. The highest BCUT2D eigenvalue weighted by atomic mass is 16.6. The van der Waals surface area contributed by atoms with Gasteiger partial charge in [-0.1, -0.05) is 20.8 Å². The minimum absolute atomic E-state index is 0.144. The van der Waals surface area contributed by atoms with Crippen LogP contribution < -0.4 is 10.2 Å². The Morgan fingerprint density at radius 3 is 2.55 bits per heavy atom. The topological polar surface area (TPSA) is 58.4 Å². The molecule has 0 aliphatic carbocycles. The van der Waals surface area contributed by atoms with Gasteiger partial charge in [0.1, 0.15) is 0 Å². The molecule has 1 aliphatic heterocycles. The molecule has 1 unspecified atom stereocenters. The van der Waals surface area contributed by atoms with Crippen molar-refractivity contribution in [2.75, 3.05) is 30.4 Å². The first kappa shape index (κ1) is 14.6. The van der Waals surface area contributed by atoms with Crippen molar-refractivity contribution in [3.8, 4) is 0 Å². The Hall–Kier alpha value is -1.78. The van der Waals surface area contributed by atoms with Crippen molar-refractivity contribution in [2.45, 2.75) is 27.2 Å². The average Bonchev–Trinajstić information content (AvgIpc) is 2.87. The molecule has 1 atom stereocenters. The third kappa shape index (κ3) is 3.03. The first-order valence-corrected chi connectivity index (χ1v) is 7.03. The van der Waals surface area contributed by atoms with E-state index < -0.39 is 0 Å². The van der Waals surface area contributed by atoms with Gasteiger partial charge in [0.15, 0.2) is 0 Å². The van der Waals surface area contributed by atoms with E-state index >= 15 is 0 Å². The third-order valence-electron chi connectivity index (χ3n) is 4.18. The lowest BCUT2D eigenvalue weighted by molar-refractivity contribution is -0.384. The standard InChI is InChI=1S/C15H23N3O2/c1-15(2,3)11-5-6-17(10-11)13-7-12(16-4)8-14(9-13)18(19)20/h7-9,11,16H,5-6,10H2,1-4H3. The molecule has 0 saturated carbocycles. The lowest BCUT2D eigenvalue weighted by Gasteiger charge is -2.27. The fraction of sp³-hybridized carbons (Fsp3) is 0.600. The second-order valence-corrected chi connectivity index (χ2v) is 6.54. The van der Waals surface area contributed by atoms with Crippen LogP contribution >= 0.6 is 0 Å². The smallest absolute Gasteiger partial charge is 0.273 e. The molecule has 0 radical (unpaired) electrons. The Labute approximate surface area is 120 Å². The molecular formula is C15H23N3O2. The molecule has 1 aromatic carbocycles. The van der Waals surface area contributed by atoms with E-state index in [1.165, 1.54) is 0 Å². The van der Waals surface area contributed by atoms with Crippen LogP contribution in [0.25, 0.3) is 0 Å². The van der Waals surface area contributed by atoms with E-state index in [2.05, 4.69) is 31.0 Å². The Morgan fingerprint density at radius 1 is 1.35 bits per heavy atom. The summed E-state index contributed by atoms with van der Waals surface area (Å²) in [5.41, 5.74) is 2.15. The Balaban J connectivity index is 2.25. The van der Waals surface area contributed by atoms with E-state index in [1.54, 1.807) is 19.2 Å². The maximum Gasteiger partial charge on any atom is 0.273 e. The van der Waals surface area contributed by atoms with Crippen molar-refractivity contribution < 1.29 is 4.92 Å². The second kappa shape index (κ2) is 5.31. The molecule has 5 nitrogen and oxygen atoms in total. The van der Waals surface area contributed by atoms with E-state index in [0.29, 0.717) is 5.92 Å². The molecule has 0 aromatic heterocycles. The van der Waals surface area contributed by atoms with Gasteiger partial charge in [0.2, 0.25) is 0 Å². The fourth-order valence-electron chi connectivity index (χ4n) is 2.73. The molecule has 1 aliphatic rings. The fourth-order valence-corrected chi connectivity index (χ4v) is 2.73. The van der Waals surface area contributed by atoms with Gasteiger partial charge < -0.3 is 10.2 Å². The van der Waals surface area contributed by atoms with Crippen LogP contribution in [0.1, 0.15) is 27.2 Å². The van der Waals surface area contributed by atoms with Gasteiger partial charge in [-0.15, -0.1) is 0 Å². The van der Waals surface area contributed by atoms with Crippen molar-refractivity contribution in [1.29, 1.82) is 0 Å². The Kier molecular flexibility index (Phi) is 3.88. The highest BCUT2D eigenvalue weighted by Gasteiger charge is 2.32. The summed E-state index contributed by atoms with van der Waals surface area (Å²) in [6.07, 6.45) is 1.14. The van der Waals surface area contributed by atoms with Crippen LogP contribution in [0, 0.1) is 21.4 Å². The zero-order valence-corrected chi connectivity index (χ0v) is 12.6. The third-order valence-corrected chi connectivity index (χ3v) is 4.18. The summed E-state index contributed by atoms with van der Waals surface area (Å²) in [4.78, 5) is 12.9. The van der Waals surface area contributed by atoms with Crippen LogP contribution in [0.5, 0.6) is 0 Å². The summed E-state index contributed by atoms with van der Waals surface area (Å²) < 4.78 is 0. The number of hydrogen-bond acceptors (Lipinski definition) is 4. The van der Waals surface area contributed by atoms with Gasteiger partial charge in [0.05, 0.1) is 4.92 Å². The van der Waals surface area contributed by atoms with Gasteiger partial charge >= 0.3 is 0 Å². The Bertz CT molecular complexity index is 508. The molecule has 1 aromatic rings. The number of benzene rings is 1. The van der Waals surface area contributed by atoms with Crippen molar-refractivity contribution in [1.82, 2.24) is 0 Å². The predicted octanol–water partition coefficient (Wildman–Crippen LogP) is 3.51. The zero-order chi connectivity index (χ0) is 14.9. The molecule has 0 spiro atoms. The number of anilines is 2. The molecule has 1 N–H and O–H groups in total. The monoisotopic (exact) mass is 277 g/mol. The maximum absolute atomic E-state index is 11.0. The van der Waals surface area contributed by atoms with Crippen molar-refractivity contribution >= 4 is 17.1 Å². The largest absolute Gasteiger partial charge is 0.388 e. The van der Waals surface area contributed by atoms with E-state index in [-0.39, 0.29) is 16.0 Å². The van der Waals surface area contributed by atoms with Crippen LogP contribution in [0.4, 0.5) is 17.1 Å². The molecule has 1 heterocycles. The quantitative estimate of drug-likeness (QED) is 0.678. The van der Waals surface area contributed by atoms with Crippen molar-refractivity contribution in [2.24, 2.45) is 11.3 Å². The molecule has 0 amide bonds. The lowest BCUT2D eigenvalue weighted by Crippen LogP contribution is -2.25. The highest BCUT2D eigenvalue weighted by molar-refractivity contribution is 5.64. The molecule has 20 heavy (non-hydrogen) atoms. The predicted molar refractivity (Wildman–Crippen MR) is 82.4 cm³/mol. The van der Waals surface area contributed by atoms with Crippen molar-refractivity contribution in [3.63, 3.8) is 0 Å². The summed E-state index contributed by atoms with van der Waals surface area (Å²) >= 11 is 0. The zero-order valence-electron chi connectivity index (χ0n) is 12.6. The number of non-ortho nitro benzene ring substituents is 1. The van der Waals surface area contributed by atoms with Crippen LogP contribution in [-0.2, 0) is 0 Å². The maximum atomic E-state index is 11.0. The summed E-state index contributed by atoms with van der Waals surface area (Å²) in [6, 6.07) is 5.23. The van der Waals surface area contributed by atoms with Gasteiger partial charge in [-0.2, -0.15) is 0 Å². The lowest BCUT2D eigenvalue weighted by atomic mass is 9.80. The molecule has 5 heteroatoms. The van der Waals surface area contributed by atoms with Crippen molar-refractivity contribution in [3.05, 3.63) is 28.3 Å². The number of hydrogen-bond donors (Lipinski definition) is 1. The van der Waals surface area contributed by atoms with Gasteiger partial charge in [-0.25, -0.2) is 0 Å². The van der Waals surface area contributed by atoms with E-state index in [9.17, 15) is 10.1 Å². The Morgan fingerprint density at radius 2 is 2.05 bits per heavy atom. The SMILES string of the molecule is CNc1cc(N2CCC(C(C)(C)C)C2)cc([N+](=O)[O-])c1. The van der Waals surface area contributed by atoms with Crippen LogP contribution in [0.2, 0.25) is 0 Å². The number of nitro groups is 1. The summed E-state index contributed by atoms with van der Waals surface area (Å²) in [6.45, 7) is 8.70. The van der Waals surface area contributed by atoms with Crippen LogP contribution in [0.3, 0.4) is 0 Å². The molecule has 2 rings (SSSR count). The van der Waals surface area contributed by atoms with Gasteiger partial charge in [0.25, 0.3) is 5.69 Å². The first-order valence-electron chi connectivity index (χ1n) is 7.03. The second-order valence-electron chi connectivity index (χ2n) is 6.54. The minimum atomic E-state index is -0.332. The van der Waals surface area contributed by atoms with E-state index in [4.69, 9.17) is 0 Å². The van der Waals surface area contributed by atoms with Gasteiger partial charge in [-0.05, 0) is 23.8 Å². The number of nitrogens with one attached hydrogen (secondary N) is 1.